The fourth-order valence-corrected chi connectivity index (χ4v) is 7.12. The van der Waals surface area contributed by atoms with E-state index < -0.39 is 16.8 Å². The van der Waals surface area contributed by atoms with Crippen molar-refractivity contribution >= 4 is 73.1 Å². The molecule has 2 heterocycles. The lowest BCUT2D eigenvalue weighted by atomic mass is 10.1. The van der Waals surface area contributed by atoms with E-state index in [4.69, 9.17) is 9.47 Å². The Kier molecular flexibility index (Phi) is 9.31. The quantitative estimate of drug-likeness (QED) is 0.157. The van der Waals surface area contributed by atoms with Crippen LogP contribution in [-0.4, -0.2) is 59.1 Å². The van der Waals surface area contributed by atoms with Crippen LogP contribution in [0.2, 0.25) is 0 Å². The van der Waals surface area contributed by atoms with Gasteiger partial charge in [0.15, 0.2) is 4.80 Å². The molecule has 0 unspecified atom stereocenters. The number of aryl methyl sites for hydroxylation is 1. The summed E-state index contributed by atoms with van der Waals surface area (Å²) in [5.41, 5.74) is 2.06. The Morgan fingerprint density at radius 3 is 2.79 bits per heavy atom. The van der Waals surface area contributed by atoms with E-state index >= 15 is 0 Å². The summed E-state index contributed by atoms with van der Waals surface area (Å²) in [4.78, 5) is 53.9. The number of fused-ring (bicyclic) bond motifs is 2. The number of nitro groups is 1. The summed E-state index contributed by atoms with van der Waals surface area (Å²) in [6.45, 7) is 3.24. The highest BCUT2D eigenvalue weighted by Gasteiger charge is 2.28. The second kappa shape index (κ2) is 12.7. The molecule has 1 aliphatic rings. The fourth-order valence-electron chi connectivity index (χ4n) is 4.12. The number of hydrogen-bond donors (Lipinski definition) is 1. The minimum atomic E-state index is -0.467. The van der Waals surface area contributed by atoms with Crippen LogP contribution >= 0.6 is 34.4 Å². The van der Waals surface area contributed by atoms with E-state index in [-0.39, 0.29) is 23.1 Å². The SMILES string of the molecule is CCOCCn1c(=NC(=O)CSCC(=O)Nc2sc3c(c2C(=O)OC)CCC3)sc2cc([N+](=O)[O-])ccc21. The maximum atomic E-state index is 12.6. The van der Waals surface area contributed by atoms with Gasteiger partial charge in [-0.15, -0.1) is 23.1 Å². The number of anilines is 1. The van der Waals surface area contributed by atoms with E-state index in [1.165, 1.54) is 41.9 Å². The molecule has 202 valence electrons. The maximum Gasteiger partial charge on any atom is 0.341 e. The molecule has 38 heavy (non-hydrogen) atoms. The smallest absolute Gasteiger partial charge is 0.341 e. The highest BCUT2D eigenvalue weighted by Crippen LogP contribution is 2.39. The van der Waals surface area contributed by atoms with Gasteiger partial charge in [-0.3, -0.25) is 19.7 Å². The van der Waals surface area contributed by atoms with Crippen LogP contribution in [0.1, 0.15) is 34.1 Å². The van der Waals surface area contributed by atoms with Crippen LogP contribution in [0.15, 0.2) is 23.2 Å². The summed E-state index contributed by atoms with van der Waals surface area (Å²) < 4.78 is 12.8. The van der Waals surface area contributed by atoms with Crippen molar-refractivity contribution in [1.82, 2.24) is 4.57 Å². The van der Waals surface area contributed by atoms with Crippen molar-refractivity contribution in [3.05, 3.63) is 49.1 Å². The van der Waals surface area contributed by atoms with Crippen LogP contribution in [0, 0.1) is 10.1 Å². The van der Waals surface area contributed by atoms with Gasteiger partial charge >= 0.3 is 5.97 Å². The van der Waals surface area contributed by atoms with Crippen LogP contribution in [0.25, 0.3) is 10.2 Å². The zero-order valence-electron chi connectivity index (χ0n) is 20.8. The van der Waals surface area contributed by atoms with Crippen molar-refractivity contribution in [2.45, 2.75) is 32.7 Å². The molecule has 11 nitrogen and oxygen atoms in total. The highest BCUT2D eigenvalue weighted by molar-refractivity contribution is 8.00. The molecular formula is C24H26N4O7S3. The number of nitro benzene ring substituents is 1. The summed E-state index contributed by atoms with van der Waals surface area (Å²) in [6.07, 6.45) is 2.63. The first-order valence-electron chi connectivity index (χ1n) is 11.9. The zero-order chi connectivity index (χ0) is 27.2. The standard InChI is InChI=1S/C24H26N4O7S3/c1-3-35-10-9-27-16-8-7-14(28(32)33)11-18(16)38-24(27)26-20(30)13-36-12-19(29)25-22-21(23(31)34-2)15-5-4-6-17(15)37-22/h7-8,11H,3-6,9-10,12-13H2,1-2H3,(H,25,29). The average Bonchev–Trinajstić information content (AvgIpc) is 3.56. The number of thiazole rings is 1. The van der Waals surface area contributed by atoms with Gasteiger partial charge in [-0.2, -0.15) is 4.99 Å². The molecule has 14 heteroatoms. The van der Waals surface area contributed by atoms with Crippen molar-refractivity contribution < 1.29 is 28.8 Å². The monoisotopic (exact) mass is 578 g/mol. The van der Waals surface area contributed by atoms with Gasteiger partial charge in [-0.05, 0) is 37.8 Å². The van der Waals surface area contributed by atoms with Crippen molar-refractivity contribution in [1.29, 1.82) is 0 Å². The summed E-state index contributed by atoms with van der Waals surface area (Å²) in [7, 11) is 1.32. The van der Waals surface area contributed by atoms with Crippen LogP contribution in [-0.2, 0) is 38.4 Å². The number of non-ortho nitro benzene ring substituents is 1. The predicted octanol–water partition coefficient (Wildman–Crippen LogP) is 3.78. The third-order valence-corrected chi connectivity index (χ3v) is 8.95. The first-order chi connectivity index (χ1) is 18.3. The number of nitrogens with zero attached hydrogens (tertiary/aromatic N) is 3. The number of nitrogens with one attached hydrogen (secondary N) is 1. The van der Waals surface area contributed by atoms with E-state index in [0.29, 0.717) is 39.8 Å². The average molecular weight is 579 g/mol. The third-order valence-electron chi connectivity index (χ3n) is 5.78. The van der Waals surface area contributed by atoms with Gasteiger partial charge in [0.1, 0.15) is 5.00 Å². The largest absolute Gasteiger partial charge is 0.465 e. The number of benzene rings is 1. The molecule has 1 N–H and O–H groups in total. The number of hydrogen-bond acceptors (Lipinski definition) is 10. The van der Waals surface area contributed by atoms with Gasteiger partial charge in [0, 0.05) is 30.2 Å². The number of aromatic nitrogens is 1. The van der Waals surface area contributed by atoms with Gasteiger partial charge in [-0.1, -0.05) is 11.3 Å². The number of thioether (sulfide) groups is 1. The fraction of sp³-hybridized carbons (Fsp3) is 0.417. The molecule has 4 rings (SSSR count). The second-order valence-electron chi connectivity index (χ2n) is 8.24. The molecule has 0 radical (unpaired) electrons. The number of methoxy groups -OCH3 is 1. The predicted molar refractivity (Wildman–Crippen MR) is 147 cm³/mol. The van der Waals surface area contributed by atoms with Gasteiger partial charge in [0.05, 0.1) is 45.9 Å². The molecule has 0 atom stereocenters. The van der Waals surface area contributed by atoms with Crippen LogP contribution in [0.4, 0.5) is 10.7 Å². The minimum absolute atomic E-state index is 0.00733. The number of esters is 1. The molecule has 2 aromatic heterocycles. The summed E-state index contributed by atoms with van der Waals surface area (Å²) >= 11 is 3.69. The van der Waals surface area contributed by atoms with Crippen molar-refractivity contribution in [2.75, 3.05) is 37.1 Å². The molecule has 0 fully saturated rings. The molecule has 0 aliphatic heterocycles. The third kappa shape index (κ3) is 6.31. The molecular weight excluding hydrogens is 552 g/mol. The number of carbonyl (C=O) groups excluding carboxylic acids is 3. The number of carbonyl (C=O) groups is 3. The number of thiophene rings is 1. The van der Waals surface area contributed by atoms with Crippen molar-refractivity contribution in [2.24, 2.45) is 4.99 Å². The van der Waals surface area contributed by atoms with Crippen molar-refractivity contribution in [3.8, 4) is 0 Å². The molecule has 3 aromatic rings. The zero-order valence-corrected chi connectivity index (χ0v) is 23.3. The van der Waals surface area contributed by atoms with E-state index in [1.807, 2.05) is 6.92 Å². The summed E-state index contributed by atoms with van der Waals surface area (Å²) in [5, 5.41) is 14.4. The molecule has 0 saturated heterocycles. The lowest BCUT2D eigenvalue weighted by molar-refractivity contribution is -0.384. The van der Waals surface area contributed by atoms with E-state index in [2.05, 4.69) is 10.3 Å². The van der Waals surface area contributed by atoms with E-state index in [9.17, 15) is 24.5 Å². The van der Waals surface area contributed by atoms with Crippen LogP contribution in [0.3, 0.4) is 0 Å². The lowest BCUT2D eigenvalue weighted by Gasteiger charge is -2.07. The van der Waals surface area contributed by atoms with Gasteiger partial charge in [0.25, 0.3) is 11.6 Å². The van der Waals surface area contributed by atoms with Crippen LogP contribution in [0.5, 0.6) is 0 Å². The maximum absolute atomic E-state index is 12.6. The molecule has 0 bridgehead atoms. The Morgan fingerprint density at radius 1 is 1.24 bits per heavy atom. The Labute approximate surface area is 230 Å². The Balaban J connectivity index is 1.43. The first kappa shape index (κ1) is 28.0. The van der Waals surface area contributed by atoms with Gasteiger partial charge in [-0.25, -0.2) is 4.79 Å². The van der Waals surface area contributed by atoms with Gasteiger partial charge in [0.2, 0.25) is 5.91 Å². The molecule has 1 aromatic carbocycles. The summed E-state index contributed by atoms with van der Waals surface area (Å²) in [6, 6.07) is 4.52. The highest BCUT2D eigenvalue weighted by atomic mass is 32.2. The normalized spacial score (nSPS) is 13.1. The Morgan fingerprint density at radius 2 is 2.05 bits per heavy atom. The number of ether oxygens (including phenoxy) is 2. The first-order valence-corrected chi connectivity index (χ1v) is 14.6. The molecule has 0 saturated carbocycles. The second-order valence-corrected chi connectivity index (χ2v) is 11.3. The van der Waals surface area contributed by atoms with Gasteiger partial charge < -0.3 is 19.4 Å². The topological polar surface area (TPSA) is 142 Å². The van der Waals surface area contributed by atoms with Crippen LogP contribution < -0.4 is 10.1 Å². The van der Waals surface area contributed by atoms with E-state index in [1.54, 1.807) is 10.6 Å². The minimum Gasteiger partial charge on any atom is -0.465 e. The molecule has 1 aliphatic carbocycles. The summed E-state index contributed by atoms with van der Waals surface area (Å²) in [5.74, 6) is -1.24. The lowest BCUT2D eigenvalue weighted by Crippen LogP contribution is -2.20. The number of rotatable bonds is 11. The van der Waals surface area contributed by atoms with Crippen molar-refractivity contribution in [3.63, 3.8) is 0 Å². The molecule has 0 spiro atoms. The Hall–Kier alpha value is -3.07. The van der Waals surface area contributed by atoms with E-state index in [0.717, 1.165) is 47.0 Å². The Bertz CT molecular complexity index is 1460. The molecule has 2 amide bonds. The number of amides is 2.